The smallest absolute Gasteiger partial charge is 0.318 e. The highest BCUT2D eigenvalue weighted by molar-refractivity contribution is 5.74. The van der Waals surface area contributed by atoms with Crippen LogP contribution in [0, 0.1) is 11.6 Å². The first kappa shape index (κ1) is 15.3. The minimum absolute atomic E-state index is 0.0859. The van der Waals surface area contributed by atoms with Crippen molar-refractivity contribution in [3.8, 4) is 0 Å². The molecule has 1 aliphatic rings. The Hall–Kier alpha value is -2.55. The number of nitrogens with zero attached hydrogens (tertiary/aromatic N) is 3. The SMILES string of the molecule is O=C(NCc1cc(F)ccc1F)N1CCOC[C@H]1c1ncn[nH]1. The summed E-state index contributed by atoms with van der Waals surface area (Å²) in [5.74, 6) is -0.612. The lowest BCUT2D eigenvalue weighted by molar-refractivity contribution is 0.00864. The number of aromatic amines is 1. The molecule has 0 spiro atoms. The quantitative estimate of drug-likeness (QED) is 0.893. The van der Waals surface area contributed by atoms with Crippen LogP contribution in [0.1, 0.15) is 17.4 Å². The van der Waals surface area contributed by atoms with Crippen LogP contribution in [0.15, 0.2) is 24.5 Å². The number of morpholine rings is 1. The first-order valence-electron chi connectivity index (χ1n) is 7.06. The molecular weight excluding hydrogens is 308 g/mol. The van der Waals surface area contributed by atoms with E-state index in [1.807, 2.05) is 0 Å². The summed E-state index contributed by atoms with van der Waals surface area (Å²) in [5, 5.41) is 9.07. The van der Waals surface area contributed by atoms with Gasteiger partial charge in [0.25, 0.3) is 0 Å². The highest BCUT2D eigenvalue weighted by atomic mass is 19.1. The van der Waals surface area contributed by atoms with E-state index in [2.05, 4.69) is 20.5 Å². The Balaban J connectivity index is 1.67. The van der Waals surface area contributed by atoms with Gasteiger partial charge in [0.05, 0.1) is 13.2 Å². The van der Waals surface area contributed by atoms with E-state index in [-0.39, 0.29) is 18.7 Å². The third-order valence-electron chi connectivity index (χ3n) is 3.58. The van der Waals surface area contributed by atoms with Gasteiger partial charge in [-0.05, 0) is 18.2 Å². The molecule has 2 heterocycles. The Kier molecular flexibility index (Phi) is 4.47. The molecule has 0 saturated carbocycles. The molecule has 2 amide bonds. The predicted octanol–water partition coefficient (Wildman–Crippen LogP) is 1.37. The van der Waals surface area contributed by atoms with Crippen molar-refractivity contribution in [3.05, 3.63) is 47.5 Å². The van der Waals surface area contributed by atoms with E-state index in [0.29, 0.717) is 19.0 Å². The van der Waals surface area contributed by atoms with Gasteiger partial charge in [-0.1, -0.05) is 0 Å². The third kappa shape index (κ3) is 3.45. The molecule has 0 aliphatic carbocycles. The summed E-state index contributed by atoms with van der Waals surface area (Å²) in [6, 6.07) is 2.32. The molecule has 1 fully saturated rings. The molecule has 1 saturated heterocycles. The molecule has 7 nitrogen and oxygen atoms in total. The number of nitrogens with one attached hydrogen (secondary N) is 2. The van der Waals surface area contributed by atoms with E-state index in [4.69, 9.17) is 4.74 Å². The normalized spacial score (nSPS) is 18.0. The van der Waals surface area contributed by atoms with Crippen LogP contribution in [-0.2, 0) is 11.3 Å². The molecule has 2 N–H and O–H groups in total. The molecule has 1 aromatic heterocycles. The standard InChI is InChI=1S/C14H15F2N5O2/c15-10-1-2-11(16)9(5-10)6-17-14(22)21-3-4-23-7-12(21)13-18-8-19-20-13/h1-2,5,8,12H,3-4,6-7H2,(H,17,22)(H,18,19,20)/t12-/m0/s1. The zero-order chi connectivity index (χ0) is 16.2. The molecule has 1 atom stereocenters. The second-order valence-electron chi connectivity index (χ2n) is 5.05. The van der Waals surface area contributed by atoms with Crippen molar-refractivity contribution in [3.63, 3.8) is 0 Å². The molecule has 3 rings (SSSR count). The summed E-state index contributed by atoms with van der Waals surface area (Å²) in [6.45, 7) is 0.940. The fraction of sp³-hybridized carbons (Fsp3) is 0.357. The van der Waals surface area contributed by atoms with Crippen molar-refractivity contribution in [2.24, 2.45) is 0 Å². The lowest BCUT2D eigenvalue weighted by Gasteiger charge is -2.34. The summed E-state index contributed by atoms with van der Waals surface area (Å²) in [4.78, 5) is 17.9. The van der Waals surface area contributed by atoms with Gasteiger partial charge >= 0.3 is 6.03 Å². The van der Waals surface area contributed by atoms with Gasteiger partial charge in [0.1, 0.15) is 29.8 Å². The Morgan fingerprint density at radius 3 is 3.13 bits per heavy atom. The number of carbonyl (C=O) groups is 1. The van der Waals surface area contributed by atoms with Crippen LogP contribution in [0.2, 0.25) is 0 Å². The fourth-order valence-corrected chi connectivity index (χ4v) is 2.40. The van der Waals surface area contributed by atoms with Gasteiger partial charge in [-0.25, -0.2) is 18.6 Å². The number of hydrogen-bond acceptors (Lipinski definition) is 4. The maximum atomic E-state index is 13.6. The van der Waals surface area contributed by atoms with Gasteiger partial charge in [-0.2, -0.15) is 5.10 Å². The van der Waals surface area contributed by atoms with Crippen molar-refractivity contribution in [1.82, 2.24) is 25.4 Å². The monoisotopic (exact) mass is 323 g/mol. The van der Waals surface area contributed by atoms with Crippen LogP contribution in [0.5, 0.6) is 0 Å². The van der Waals surface area contributed by atoms with Crippen molar-refractivity contribution in [1.29, 1.82) is 0 Å². The third-order valence-corrected chi connectivity index (χ3v) is 3.58. The maximum Gasteiger partial charge on any atom is 0.318 e. The van der Waals surface area contributed by atoms with Crippen molar-refractivity contribution in [2.75, 3.05) is 19.8 Å². The number of carbonyl (C=O) groups excluding carboxylic acids is 1. The summed E-state index contributed by atoms with van der Waals surface area (Å²) in [7, 11) is 0. The number of aromatic nitrogens is 3. The number of amides is 2. The van der Waals surface area contributed by atoms with Crippen LogP contribution < -0.4 is 5.32 Å². The molecule has 0 unspecified atom stereocenters. The molecule has 9 heteroatoms. The topological polar surface area (TPSA) is 83.1 Å². The fourth-order valence-electron chi connectivity index (χ4n) is 2.40. The number of hydrogen-bond donors (Lipinski definition) is 2. The molecule has 23 heavy (non-hydrogen) atoms. The Labute approximate surface area is 130 Å². The maximum absolute atomic E-state index is 13.6. The molecule has 122 valence electrons. The number of H-pyrrole nitrogens is 1. The van der Waals surface area contributed by atoms with E-state index in [9.17, 15) is 13.6 Å². The van der Waals surface area contributed by atoms with Gasteiger partial charge in [-0.3, -0.25) is 5.10 Å². The first-order chi connectivity index (χ1) is 11.1. The Morgan fingerprint density at radius 1 is 1.48 bits per heavy atom. The van der Waals surface area contributed by atoms with Crippen molar-refractivity contribution < 1.29 is 18.3 Å². The van der Waals surface area contributed by atoms with Crippen LogP contribution in [0.4, 0.5) is 13.6 Å². The van der Waals surface area contributed by atoms with E-state index in [0.717, 1.165) is 18.2 Å². The lowest BCUT2D eigenvalue weighted by atomic mass is 10.2. The Bertz CT molecular complexity index is 680. The van der Waals surface area contributed by atoms with Gasteiger partial charge in [0.15, 0.2) is 0 Å². The molecular formula is C14H15F2N5O2. The van der Waals surface area contributed by atoms with Gasteiger partial charge < -0.3 is 15.0 Å². The zero-order valence-corrected chi connectivity index (χ0v) is 12.1. The largest absolute Gasteiger partial charge is 0.377 e. The van der Waals surface area contributed by atoms with Gasteiger partial charge in [-0.15, -0.1) is 0 Å². The summed E-state index contributed by atoms with van der Waals surface area (Å²) >= 11 is 0. The van der Waals surface area contributed by atoms with Crippen LogP contribution in [-0.4, -0.2) is 45.9 Å². The second kappa shape index (κ2) is 6.69. The van der Waals surface area contributed by atoms with E-state index < -0.39 is 23.7 Å². The highest BCUT2D eigenvalue weighted by Crippen LogP contribution is 2.21. The van der Waals surface area contributed by atoms with Gasteiger partial charge in [0.2, 0.25) is 0 Å². The average Bonchev–Trinajstić information content (AvgIpc) is 3.10. The number of rotatable bonds is 3. The number of urea groups is 1. The predicted molar refractivity (Wildman–Crippen MR) is 75.2 cm³/mol. The summed E-state index contributed by atoms with van der Waals surface area (Å²) < 4.78 is 32.1. The number of halogens is 2. The van der Waals surface area contributed by atoms with Crippen molar-refractivity contribution >= 4 is 6.03 Å². The highest BCUT2D eigenvalue weighted by Gasteiger charge is 2.30. The molecule has 2 aromatic rings. The van der Waals surface area contributed by atoms with Crippen molar-refractivity contribution in [2.45, 2.75) is 12.6 Å². The second-order valence-corrected chi connectivity index (χ2v) is 5.05. The first-order valence-corrected chi connectivity index (χ1v) is 7.06. The molecule has 0 radical (unpaired) electrons. The summed E-state index contributed by atoms with van der Waals surface area (Å²) in [5.41, 5.74) is 0.0859. The molecule has 1 aromatic carbocycles. The van der Waals surface area contributed by atoms with E-state index >= 15 is 0 Å². The van der Waals surface area contributed by atoms with E-state index in [1.54, 1.807) is 0 Å². The van der Waals surface area contributed by atoms with Crippen LogP contribution >= 0.6 is 0 Å². The average molecular weight is 323 g/mol. The lowest BCUT2D eigenvalue weighted by Crippen LogP contribution is -2.48. The van der Waals surface area contributed by atoms with Gasteiger partial charge in [0, 0.05) is 18.7 Å². The van der Waals surface area contributed by atoms with Crippen LogP contribution in [0.25, 0.3) is 0 Å². The minimum atomic E-state index is -0.569. The van der Waals surface area contributed by atoms with E-state index in [1.165, 1.54) is 11.2 Å². The zero-order valence-electron chi connectivity index (χ0n) is 12.1. The Morgan fingerprint density at radius 2 is 2.35 bits per heavy atom. The minimum Gasteiger partial charge on any atom is -0.377 e. The number of ether oxygens (including phenoxy) is 1. The summed E-state index contributed by atoms with van der Waals surface area (Å²) in [6.07, 6.45) is 1.35. The number of benzene rings is 1. The molecule has 0 bridgehead atoms. The molecule has 1 aliphatic heterocycles. The van der Waals surface area contributed by atoms with Crippen LogP contribution in [0.3, 0.4) is 0 Å².